The quantitative estimate of drug-likeness (QED) is 0.815. The van der Waals surface area contributed by atoms with Crippen molar-refractivity contribution in [3.63, 3.8) is 0 Å². The number of hydrogen-bond donors (Lipinski definition) is 1. The molecule has 0 aromatic carbocycles. The Bertz CT molecular complexity index is 467. The van der Waals surface area contributed by atoms with Crippen LogP contribution >= 0.6 is 15.9 Å². The Morgan fingerprint density at radius 1 is 1.59 bits per heavy atom. The maximum absolute atomic E-state index is 13.3. The van der Waals surface area contributed by atoms with Crippen LogP contribution in [0.3, 0.4) is 0 Å². The first-order valence-corrected chi connectivity index (χ1v) is 7.61. The summed E-state index contributed by atoms with van der Waals surface area (Å²) in [4.78, 5) is 3.57. The van der Waals surface area contributed by atoms with Gasteiger partial charge < -0.3 is 0 Å². The highest BCUT2D eigenvalue weighted by Gasteiger charge is 2.20. The number of nitrogens with zero attached hydrogens (tertiary/aromatic N) is 1. The molecular weight excluding hydrogens is 311 g/mol. The lowest BCUT2D eigenvalue weighted by Crippen LogP contribution is -2.30. The highest BCUT2D eigenvalue weighted by molar-refractivity contribution is 9.09. The number of aromatic nitrogens is 1. The molecule has 7 heteroatoms. The molecule has 17 heavy (non-hydrogen) atoms. The van der Waals surface area contributed by atoms with Crippen LogP contribution in [0.25, 0.3) is 0 Å². The van der Waals surface area contributed by atoms with Crippen molar-refractivity contribution in [3.8, 4) is 0 Å². The first-order valence-electron chi connectivity index (χ1n) is 5.21. The summed E-state index contributed by atoms with van der Waals surface area (Å²) in [7, 11) is -3.87. The third-order valence-electron chi connectivity index (χ3n) is 2.08. The standard InChI is InChI=1S/C10H14BrFN2O2S/c1-2-4-8(11)7-14-17(15,16)10-9(12)5-3-6-13-10/h3,5-6,8,14H,2,4,7H2,1H3. The van der Waals surface area contributed by atoms with Crippen molar-refractivity contribution in [2.75, 3.05) is 6.54 Å². The van der Waals surface area contributed by atoms with Gasteiger partial charge in [-0.25, -0.2) is 22.5 Å². The van der Waals surface area contributed by atoms with E-state index >= 15 is 0 Å². The first kappa shape index (κ1) is 14.5. The maximum atomic E-state index is 13.3. The molecule has 0 aliphatic heterocycles. The normalized spacial score (nSPS) is 13.6. The maximum Gasteiger partial charge on any atom is 0.261 e. The molecule has 0 aliphatic carbocycles. The van der Waals surface area contributed by atoms with Gasteiger partial charge in [-0.1, -0.05) is 29.3 Å². The van der Waals surface area contributed by atoms with Crippen LogP contribution in [-0.2, 0) is 10.0 Å². The Kier molecular flexibility index (Phi) is 5.48. The Labute approximate surface area is 109 Å². The molecule has 0 radical (unpaired) electrons. The molecule has 1 unspecified atom stereocenters. The Morgan fingerprint density at radius 3 is 2.88 bits per heavy atom. The SMILES string of the molecule is CCCC(Br)CNS(=O)(=O)c1ncccc1F. The Morgan fingerprint density at radius 2 is 2.29 bits per heavy atom. The fourth-order valence-corrected chi connectivity index (χ4v) is 3.17. The van der Waals surface area contributed by atoms with E-state index < -0.39 is 20.9 Å². The predicted molar refractivity (Wildman–Crippen MR) is 67.0 cm³/mol. The smallest absolute Gasteiger partial charge is 0.241 e. The van der Waals surface area contributed by atoms with Crippen LogP contribution in [0, 0.1) is 5.82 Å². The number of sulfonamides is 1. The number of nitrogens with one attached hydrogen (secondary N) is 1. The molecule has 0 spiro atoms. The van der Waals surface area contributed by atoms with Gasteiger partial charge in [-0.2, -0.15) is 0 Å². The van der Waals surface area contributed by atoms with Crippen LogP contribution in [-0.4, -0.2) is 24.8 Å². The van der Waals surface area contributed by atoms with E-state index in [2.05, 4.69) is 25.6 Å². The summed E-state index contributed by atoms with van der Waals surface area (Å²) in [6, 6.07) is 2.41. The third kappa shape index (κ3) is 4.33. The van der Waals surface area contributed by atoms with Crippen LogP contribution in [0.5, 0.6) is 0 Å². The lowest BCUT2D eigenvalue weighted by atomic mass is 10.2. The van der Waals surface area contributed by atoms with E-state index in [9.17, 15) is 12.8 Å². The molecule has 1 N–H and O–H groups in total. The molecule has 0 amide bonds. The topological polar surface area (TPSA) is 59.1 Å². The fourth-order valence-electron chi connectivity index (χ4n) is 1.25. The molecule has 0 aliphatic rings. The Hall–Kier alpha value is -0.530. The van der Waals surface area contributed by atoms with Gasteiger partial charge in [0, 0.05) is 17.6 Å². The van der Waals surface area contributed by atoms with Crippen molar-refractivity contribution in [3.05, 3.63) is 24.1 Å². The van der Waals surface area contributed by atoms with Gasteiger partial charge in [-0.3, -0.25) is 0 Å². The van der Waals surface area contributed by atoms with Gasteiger partial charge in [0.25, 0.3) is 10.0 Å². The molecule has 96 valence electrons. The van der Waals surface area contributed by atoms with Gasteiger partial charge in [0.15, 0.2) is 5.82 Å². The fraction of sp³-hybridized carbons (Fsp3) is 0.500. The van der Waals surface area contributed by atoms with Gasteiger partial charge in [0.2, 0.25) is 5.03 Å². The highest BCUT2D eigenvalue weighted by atomic mass is 79.9. The van der Waals surface area contributed by atoms with Crippen LogP contribution in [0.1, 0.15) is 19.8 Å². The van der Waals surface area contributed by atoms with Gasteiger partial charge in [-0.05, 0) is 18.6 Å². The van der Waals surface area contributed by atoms with Gasteiger partial charge in [0.05, 0.1) is 0 Å². The third-order valence-corrected chi connectivity index (χ3v) is 4.21. The van der Waals surface area contributed by atoms with E-state index in [-0.39, 0.29) is 11.4 Å². The minimum absolute atomic E-state index is 0.0362. The summed E-state index contributed by atoms with van der Waals surface area (Å²) in [5.74, 6) is -0.846. The summed E-state index contributed by atoms with van der Waals surface area (Å²) >= 11 is 3.34. The summed E-state index contributed by atoms with van der Waals surface area (Å²) < 4.78 is 39.0. The van der Waals surface area contributed by atoms with E-state index in [4.69, 9.17) is 0 Å². The zero-order chi connectivity index (χ0) is 12.9. The second-order valence-corrected chi connectivity index (χ2v) is 6.51. The molecule has 1 rings (SSSR count). The van der Waals surface area contributed by atoms with Crippen molar-refractivity contribution in [1.82, 2.24) is 9.71 Å². The van der Waals surface area contributed by atoms with E-state index in [1.54, 1.807) is 0 Å². The second-order valence-electron chi connectivity index (χ2n) is 3.53. The Balaban J connectivity index is 2.73. The van der Waals surface area contributed by atoms with Crippen molar-refractivity contribution in [2.24, 2.45) is 0 Å². The molecule has 1 atom stereocenters. The highest BCUT2D eigenvalue weighted by Crippen LogP contribution is 2.11. The van der Waals surface area contributed by atoms with Gasteiger partial charge in [-0.15, -0.1) is 0 Å². The largest absolute Gasteiger partial charge is 0.261 e. The number of rotatable bonds is 6. The number of hydrogen-bond acceptors (Lipinski definition) is 3. The zero-order valence-electron chi connectivity index (χ0n) is 9.36. The van der Waals surface area contributed by atoms with E-state index in [0.717, 1.165) is 18.9 Å². The molecule has 1 aromatic heterocycles. The number of alkyl halides is 1. The van der Waals surface area contributed by atoms with Crippen LogP contribution in [0.15, 0.2) is 23.4 Å². The average molecular weight is 325 g/mol. The molecule has 0 saturated carbocycles. The van der Waals surface area contributed by atoms with Crippen molar-refractivity contribution >= 4 is 26.0 Å². The van der Waals surface area contributed by atoms with Crippen LogP contribution in [0.4, 0.5) is 4.39 Å². The van der Waals surface area contributed by atoms with Gasteiger partial charge >= 0.3 is 0 Å². The molecule has 0 bridgehead atoms. The zero-order valence-corrected chi connectivity index (χ0v) is 11.8. The average Bonchev–Trinajstić information content (AvgIpc) is 2.27. The van der Waals surface area contributed by atoms with E-state index in [1.165, 1.54) is 12.3 Å². The number of pyridine rings is 1. The molecule has 1 heterocycles. The summed E-state index contributed by atoms with van der Waals surface area (Å²) in [6.45, 7) is 2.22. The predicted octanol–water partition coefficient (Wildman–Crippen LogP) is 2.06. The van der Waals surface area contributed by atoms with E-state index in [0.29, 0.717) is 0 Å². The van der Waals surface area contributed by atoms with Crippen molar-refractivity contribution in [1.29, 1.82) is 0 Å². The lowest BCUT2D eigenvalue weighted by molar-refractivity contribution is 0.543. The lowest BCUT2D eigenvalue weighted by Gasteiger charge is -2.10. The van der Waals surface area contributed by atoms with Crippen LogP contribution in [0.2, 0.25) is 0 Å². The summed E-state index contributed by atoms with van der Waals surface area (Å²) in [5.41, 5.74) is 0. The summed E-state index contributed by atoms with van der Waals surface area (Å²) in [5, 5.41) is -0.559. The molecule has 0 fully saturated rings. The second kappa shape index (κ2) is 6.42. The minimum atomic E-state index is -3.87. The molecule has 1 aromatic rings. The minimum Gasteiger partial charge on any atom is -0.241 e. The molecular formula is C10H14BrFN2O2S. The number of halogens is 2. The first-order chi connectivity index (χ1) is 7.97. The molecule has 0 saturated heterocycles. The van der Waals surface area contributed by atoms with Gasteiger partial charge in [0.1, 0.15) is 0 Å². The monoisotopic (exact) mass is 324 g/mol. The van der Waals surface area contributed by atoms with E-state index in [1.807, 2.05) is 6.92 Å². The van der Waals surface area contributed by atoms with Crippen molar-refractivity contribution < 1.29 is 12.8 Å². The summed E-state index contributed by atoms with van der Waals surface area (Å²) in [6.07, 6.45) is 3.03. The van der Waals surface area contributed by atoms with Crippen LogP contribution < -0.4 is 4.72 Å². The van der Waals surface area contributed by atoms with Crippen molar-refractivity contribution in [2.45, 2.75) is 29.6 Å². The molecule has 4 nitrogen and oxygen atoms in total.